The number of hydrogen-bond acceptors (Lipinski definition) is 6. The molecule has 0 spiro atoms. The van der Waals surface area contributed by atoms with Crippen molar-refractivity contribution in [3.8, 4) is 0 Å². The number of nitrogens with zero attached hydrogens (tertiary/aromatic N) is 5. The molecular formula is C11H15N7O2. The highest BCUT2D eigenvalue weighted by molar-refractivity contribution is 5.89. The number of anilines is 2. The number of nitrogen functional groups attached to an aromatic ring is 1. The van der Waals surface area contributed by atoms with Crippen LogP contribution in [-0.2, 0) is 11.3 Å². The molecule has 1 amide bonds. The first-order valence-electron chi connectivity index (χ1n) is 6.05. The lowest BCUT2D eigenvalue weighted by atomic mass is 10.4. The lowest BCUT2D eigenvalue weighted by Crippen LogP contribution is -2.21. The molecule has 9 heteroatoms. The van der Waals surface area contributed by atoms with E-state index in [1.807, 2.05) is 0 Å². The van der Waals surface area contributed by atoms with Gasteiger partial charge in [0, 0.05) is 12.5 Å². The van der Waals surface area contributed by atoms with Crippen molar-refractivity contribution in [2.75, 3.05) is 11.1 Å². The Labute approximate surface area is 114 Å². The number of nitrogens with one attached hydrogen (secondary N) is 1. The summed E-state index contributed by atoms with van der Waals surface area (Å²) in [4.78, 5) is 23.2. The van der Waals surface area contributed by atoms with E-state index < -0.39 is 0 Å². The molecule has 2 aromatic heterocycles. The predicted molar refractivity (Wildman–Crippen MR) is 70.9 cm³/mol. The average Bonchev–Trinajstić information content (AvgIpc) is 2.95. The molecule has 0 saturated carbocycles. The van der Waals surface area contributed by atoms with Crippen molar-refractivity contribution in [2.24, 2.45) is 0 Å². The largest absolute Gasteiger partial charge is 0.383 e. The van der Waals surface area contributed by atoms with Crippen molar-refractivity contribution >= 4 is 23.5 Å². The summed E-state index contributed by atoms with van der Waals surface area (Å²) in [7, 11) is 0. The van der Waals surface area contributed by atoms with E-state index in [0.29, 0.717) is 17.9 Å². The fraction of sp³-hybridized carbons (Fsp3) is 0.364. The SMILES string of the molecule is CCC(=O)Nc1cn(CC(=O)n2nc(C)cc2N)nn1. The quantitative estimate of drug-likeness (QED) is 0.814. The molecule has 0 unspecified atom stereocenters. The van der Waals surface area contributed by atoms with Crippen LogP contribution in [-0.4, -0.2) is 36.6 Å². The first-order chi connectivity index (χ1) is 9.49. The fourth-order valence-electron chi connectivity index (χ4n) is 1.59. The highest BCUT2D eigenvalue weighted by atomic mass is 16.2. The van der Waals surface area contributed by atoms with Crippen LogP contribution in [0.2, 0.25) is 0 Å². The second-order valence-electron chi connectivity index (χ2n) is 4.22. The number of amides is 1. The second kappa shape index (κ2) is 5.51. The number of carbonyl (C=O) groups excluding carboxylic acids is 2. The topological polar surface area (TPSA) is 121 Å². The molecule has 0 aliphatic carbocycles. The molecule has 20 heavy (non-hydrogen) atoms. The van der Waals surface area contributed by atoms with Crippen LogP contribution in [0, 0.1) is 6.92 Å². The molecule has 0 fully saturated rings. The van der Waals surface area contributed by atoms with Gasteiger partial charge in [-0.15, -0.1) is 5.10 Å². The standard InChI is InChI=1S/C11H15N7O2/c1-3-10(19)13-9-5-17(16-14-9)6-11(20)18-8(12)4-7(2)15-18/h4-5H,3,6,12H2,1-2H3,(H,13,19). The van der Waals surface area contributed by atoms with Crippen molar-refractivity contribution in [3.63, 3.8) is 0 Å². The Morgan fingerprint density at radius 3 is 2.80 bits per heavy atom. The number of carbonyl (C=O) groups is 2. The maximum atomic E-state index is 12.0. The molecule has 0 aromatic carbocycles. The van der Waals surface area contributed by atoms with E-state index in [2.05, 4.69) is 20.7 Å². The Bertz CT molecular complexity index is 643. The molecule has 2 heterocycles. The van der Waals surface area contributed by atoms with E-state index in [1.165, 1.54) is 10.9 Å². The zero-order chi connectivity index (χ0) is 14.7. The van der Waals surface area contributed by atoms with Crippen molar-refractivity contribution in [3.05, 3.63) is 18.0 Å². The molecule has 2 aromatic rings. The first-order valence-corrected chi connectivity index (χ1v) is 6.05. The molecule has 0 bridgehead atoms. The van der Waals surface area contributed by atoms with Gasteiger partial charge in [0.2, 0.25) is 5.91 Å². The van der Waals surface area contributed by atoms with E-state index in [9.17, 15) is 9.59 Å². The lowest BCUT2D eigenvalue weighted by molar-refractivity contribution is -0.115. The monoisotopic (exact) mass is 277 g/mol. The van der Waals surface area contributed by atoms with E-state index in [1.54, 1.807) is 19.9 Å². The number of nitrogens with two attached hydrogens (primary N) is 1. The van der Waals surface area contributed by atoms with Crippen molar-refractivity contribution in [2.45, 2.75) is 26.8 Å². The van der Waals surface area contributed by atoms with Crippen LogP contribution in [0.1, 0.15) is 23.8 Å². The Kier molecular flexibility index (Phi) is 3.78. The average molecular weight is 277 g/mol. The second-order valence-corrected chi connectivity index (χ2v) is 4.22. The third-order valence-electron chi connectivity index (χ3n) is 2.52. The van der Waals surface area contributed by atoms with Crippen LogP contribution in [0.4, 0.5) is 11.6 Å². The zero-order valence-corrected chi connectivity index (χ0v) is 11.2. The van der Waals surface area contributed by atoms with E-state index in [4.69, 9.17) is 5.73 Å². The van der Waals surface area contributed by atoms with Gasteiger partial charge in [0.1, 0.15) is 12.4 Å². The smallest absolute Gasteiger partial charge is 0.270 e. The number of aryl methyl sites for hydroxylation is 1. The van der Waals surface area contributed by atoms with E-state index in [-0.39, 0.29) is 24.2 Å². The zero-order valence-electron chi connectivity index (χ0n) is 11.2. The third kappa shape index (κ3) is 2.99. The van der Waals surface area contributed by atoms with Crippen molar-refractivity contribution in [1.82, 2.24) is 24.8 Å². The lowest BCUT2D eigenvalue weighted by Gasteiger charge is -2.02. The summed E-state index contributed by atoms with van der Waals surface area (Å²) in [6, 6.07) is 1.60. The van der Waals surface area contributed by atoms with Crippen LogP contribution < -0.4 is 11.1 Å². The molecule has 0 saturated heterocycles. The van der Waals surface area contributed by atoms with Crippen LogP contribution >= 0.6 is 0 Å². The van der Waals surface area contributed by atoms with Gasteiger partial charge >= 0.3 is 0 Å². The van der Waals surface area contributed by atoms with Gasteiger partial charge in [-0.2, -0.15) is 9.78 Å². The number of hydrogen-bond donors (Lipinski definition) is 2. The van der Waals surface area contributed by atoms with Gasteiger partial charge < -0.3 is 11.1 Å². The summed E-state index contributed by atoms with van der Waals surface area (Å²) in [5, 5.41) is 14.0. The molecule has 2 rings (SSSR count). The molecule has 9 nitrogen and oxygen atoms in total. The van der Waals surface area contributed by atoms with Crippen LogP contribution in [0.15, 0.2) is 12.3 Å². The summed E-state index contributed by atoms with van der Waals surface area (Å²) in [6.07, 6.45) is 1.81. The summed E-state index contributed by atoms with van der Waals surface area (Å²) in [5.41, 5.74) is 6.32. The number of aromatic nitrogens is 5. The third-order valence-corrected chi connectivity index (χ3v) is 2.52. The molecule has 0 atom stereocenters. The Morgan fingerprint density at radius 1 is 1.45 bits per heavy atom. The summed E-state index contributed by atoms with van der Waals surface area (Å²) in [6.45, 7) is 3.40. The fourth-order valence-corrected chi connectivity index (χ4v) is 1.59. The van der Waals surface area contributed by atoms with Crippen molar-refractivity contribution < 1.29 is 9.59 Å². The van der Waals surface area contributed by atoms with Crippen LogP contribution in [0.3, 0.4) is 0 Å². The maximum absolute atomic E-state index is 12.0. The Morgan fingerprint density at radius 2 is 2.20 bits per heavy atom. The molecule has 3 N–H and O–H groups in total. The minimum Gasteiger partial charge on any atom is -0.383 e. The molecule has 0 radical (unpaired) electrons. The molecular weight excluding hydrogens is 262 g/mol. The van der Waals surface area contributed by atoms with E-state index >= 15 is 0 Å². The Hall–Kier alpha value is -2.71. The first kappa shape index (κ1) is 13.7. The minimum absolute atomic E-state index is 0.0691. The van der Waals surface area contributed by atoms with Crippen LogP contribution in [0.25, 0.3) is 0 Å². The van der Waals surface area contributed by atoms with E-state index in [0.717, 1.165) is 4.68 Å². The number of rotatable bonds is 4. The highest BCUT2D eigenvalue weighted by Crippen LogP contribution is 2.06. The summed E-state index contributed by atoms with van der Waals surface area (Å²) in [5.74, 6) is 0.0607. The van der Waals surface area contributed by atoms with Gasteiger partial charge in [-0.1, -0.05) is 12.1 Å². The maximum Gasteiger partial charge on any atom is 0.270 e. The van der Waals surface area contributed by atoms with Gasteiger partial charge in [-0.25, -0.2) is 4.68 Å². The van der Waals surface area contributed by atoms with Gasteiger partial charge in [0.25, 0.3) is 5.91 Å². The molecule has 0 aliphatic heterocycles. The van der Waals surface area contributed by atoms with Gasteiger partial charge in [0.15, 0.2) is 5.82 Å². The molecule has 0 aliphatic rings. The normalized spacial score (nSPS) is 10.5. The summed E-state index contributed by atoms with van der Waals surface area (Å²) < 4.78 is 2.42. The van der Waals surface area contributed by atoms with Gasteiger partial charge in [-0.3, -0.25) is 9.59 Å². The minimum atomic E-state index is -0.339. The van der Waals surface area contributed by atoms with Gasteiger partial charge in [0.05, 0.1) is 11.9 Å². The van der Waals surface area contributed by atoms with Crippen LogP contribution in [0.5, 0.6) is 0 Å². The molecule has 106 valence electrons. The van der Waals surface area contributed by atoms with Crippen molar-refractivity contribution in [1.29, 1.82) is 0 Å². The van der Waals surface area contributed by atoms with Gasteiger partial charge in [-0.05, 0) is 6.92 Å². The highest BCUT2D eigenvalue weighted by Gasteiger charge is 2.13. The predicted octanol–water partition coefficient (Wildman–Crippen LogP) is 0.0541. The Balaban J connectivity index is 2.05. The summed E-state index contributed by atoms with van der Waals surface area (Å²) >= 11 is 0.